The lowest BCUT2D eigenvalue weighted by molar-refractivity contribution is -0.124. The van der Waals surface area contributed by atoms with Crippen LogP contribution < -0.4 is 10.2 Å². The molecule has 0 spiro atoms. The van der Waals surface area contributed by atoms with Crippen molar-refractivity contribution in [3.05, 3.63) is 47.8 Å². The molecule has 2 heterocycles. The lowest BCUT2D eigenvalue weighted by atomic mass is 9.98. The van der Waals surface area contributed by atoms with Gasteiger partial charge in [0.2, 0.25) is 5.91 Å². The zero-order valence-electron chi connectivity index (χ0n) is 15.8. The van der Waals surface area contributed by atoms with Crippen LogP contribution in [0.25, 0.3) is 11.1 Å². The molecule has 5 heteroatoms. The summed E-state index contributed by atoms with van der Waals surface area (Å²) < 4.78 is 5.46. The number of nitrogens with one attached hydrogen (secondary N) is 1. The first kappa shape index (κ1) is 18.4. The van der Waals surface area contributed by atoms with Crippen molar-refractivity contribution in [2.24, 2.45) is 5.92 Å². The van der Waals surface area contributed by atoms with Gasteiger partial charge in [-0.1, -0.05) is 19.9 Å². The molecule has 0 aliphatic carbocycles. The number of carbonyl (C=O) groups is 1. The van der Waals surface area contributed by atoms with Gasteiger partial charge in [0.1, 0.15) is 0 Å². The number of aromatic nitrogens is 1. The Morgan fingerprint density at radius 3 is 2.69 bits per heavy atom. The van der Waals surface area contributed by atoms with Crippen LogP contribution >= 0.6 is 0 Å². The van der Waals surface area contributed by atoms with E-state index >= 15 is 0 Å². The molecular weight excluding hydrogens is 326 g/mol. The predicted octanol–water partition coefficient (Wildman–Crippen LogP) is 3.17. The van der Waals surface area contributed by atoms with E-state index in [9.17, 15) is 4.79 Å². The van der Waals surface area contributed by atoms with E-state index in [4.69, 9.17) is 4.74 Å². The number of pyridine rings is 1. The van der Waals surface area contributed by atoms with Gasteiger partial charge in [-0.05, 0) is 47.9 Å². The number of anilines is 1. The summed E-state index contributed by atoms with van der Waals surface area (Å²) in [6, 6.07) is 10.6. The number of carbonyl (C=O) groups excluding carboxylic acids is 1. The van der Waals surface area contributed by atoms with E-state index in [2.05, 4.69) is 39.5 Å². The number of ether oxygens (including phenoxy) is 1. The van der Waals surface area contributed by atoms with Crippen LogP contribution in [0.2, 0.25) is 0 Å². The number of hydrogen-bond acceptors (Lipinski definition) is 4. The highest BCUT2D eigenvalue weighted by molar-refractivity contribution is 5.78. The molecule has 0 bridgehead atoms. The Morgan fingerprint density at radius 1 is 1.23 bits per heavy atom. The lowest BCUT2D eigenvalue weighted by Gasteiger charge is -2.29. The standard InChI is InChI=1S/C21H27N3O2/c1-15(2)21(25)23-14-18-13-19(24-8-10-26-11-9-24)4-5-20(18)17-6-7-22-16(3)12-17/h4-7,12-13,15H,8-11,14H2,1-3H3,(H,23,25). The van der Waals surface area contributed by atoms with Crippen molar-refractivity contribution in [2.45, 2.75) is 27.3 Å². The summed E-state index contributed by atoms with van der Waals surface area (Å²) in [5, 5.41) is 3.06. The average molecular weight is 353 g/mol. The fourth-order valence-corrected chi connectivity index (χ4v) is 3.13. The molecule has 138 valence electrons. The highest BCUT2D eigenvalue weighted by Gasteiger charge is 2.15. The van der Waals surface area contributed by atoms with Crippen molar-refractivity contribution in [3.63, 3.8) is 0 Å². The van der Waals surface area contributed by atoms with E-state index in [1.807, 2.05) is 33.0 Å². The minimum absolute atomic E-state index is 0.0240. The van der Waals surface area contributed by atoms with Crippen molar-refractivity contribution in [3.8, 4) is 11.1 Å². The van der Waals surface area contributed by atoms with E-state index in [1.165, 1.54) is 5.69 Å². The Balaban J connectivity index is 1.92. The molecule has 1 aliphatic heterocycles. The summed E-state index contributed by atoms with van der Waals surface area (Å²) in [4.78, 5) is 18.7. The zero-order chi connectivity index (χ0) is 18.5. The van der Waals surface area contributed by atoms with Gasteiger partial charge in [-0.2, -0.15) is 0 Å². The highest BCUT2D eigenvalue weighted by atomic mass is 16.5. The molecule has 1 aliphatic rings. The average Bonchev–Trinajstić information content (AvgIpc) is 2.66. The topological polar surface area (TPSA) is 54.5 Å². The summed E-state index contributed by atoms with van der Waals surface area (Å²) in [6.07, 6.45) is 1.83. The fraction of sp³-hybridized carbons (Fsp3) is 0.429. The maximum Gasteiger partial charge on any atom is 0.222 e. The molecule has 1 fully saturated rings. The first-order chi connectivity index (χ1) is 12.5. The van der Waals surface area contributed by atoms with Gasteiger partial charge in [0, 0.05) is 43.1 Å². The van der Waals surface area contributed by atoms with Crippen LogP contribution in [0.1, 0.15) is 25.1 Å². The Labute approximate surface area is 155 Å². The Bertz CT molecular complexity index is 768. The second-order valence-electron chi connectivity index (χ2n) is 7.00. The van der Waals surface area contributed by atoms with Crippen molar-refractivity contribution in [2.75, 3.05) is 31.2 Å². The van der Waals surface area contributed by atoms with Crippen LogP contribution in [0.15, 0.2) is 36.5 Å². The van der Waals surface area contributed by atoms with E-state index in [0.717, 1.165) is 48.7 Å². The summed E-state index contributed by atoms with van der Waals surface area (Å²) in [5.74, 6) is 0.0441. The monoisotopic (exact) mass is 353 g/mol. The third-order valence-corrected chi connectivity index (χ3v) is 4.65. The Morgan fingerprint density at radius 2 is 2.00 bits per heavy atom. The van der Waals surface area contributed by atoms with Gasteiger partial charge < -0.3 is 15.0 Å². The van der Waals surface area contributed by atoms with Gasteiger partial charge in [-0.15, -0.1) is 0 Å². The van der Waals surface area contributed by atoms with Crippen LogP contribution in [0.5, 0.6) is 0 Å². The van der Waals surface area contributed by atoms with Gasteiger partial charge in [0.25, 0.3) is 0 Å². The fourth-order valence-electron chi connectivity index (χ4n) is 3.13. The normalized spacial score (nSPS) is 14.5. The van der Waals surface area contributed by atoms with Gasteiger partial charge in [-0.3, -0.25) is 9.78 Å². The first-order valence-electron chi connectivity index (χ1n) is 9.21. The van der Waals surface area contributed by atoms with Crippen molar-refractivity contribution < 1.29 is 9.53 Å². The largest absolute Gasteiger partial charge is 0.378 e. The summed E-state index contributed by atoms with van der Waals surface area (Å²) >= 11 is 0. The number of benzene rings is 1. The van der Waals surface area contributed by atoms with E-state index in [-0.39, 0.29) is 11.8 Å². The summed E-state index contributed by atoms with van der Waals surface area (Å²) in [6.45, 7) is 9.63. The van der Waals surface area contributed by atoms with Crippen molar-refractivity contribution in [1.29, 1.82) is 0 Å². The molecule has 1 aromatic carbocycles. The van der Waals surface area contributed by atoms with Gasteiger partial charge in [0.15, 0.2) is 0 Å². The molecule has 1 aromatic heterocycles. The Hall–Kier alpha value is -2.40. The second kappa shape index (κ2) is 8.32. The molecule has 1 saturated heterocycles. The van der Waals surface area contributed by atoms with Gasteiger partial charge in [-0.25, -0.2) is 0 Å². The number of aryl methyl sites for hydroxylation is 1. The number of morpholine rings is 1. The molecule has 1 amide bonds. The van der Waals surface area contributed by atoms with Crippen LogP contribution in [0.4, 0.5) is 5.69 Å². The summed E-state index contributed by atoms with van der Waals surface area (Å²) in [5.41, 5.74) is 5.54. The second-order valence-corrected chi connectivity index (χ2v) is 7.00. The minimum Gasteiger partial charge on any atom is -0.378 e. The van der Waals surface area contributed by atoms with E-state index in [0.29, 0.717) is 6.54 Å². The SMILES string of the molecule is Cc1cc(-c2ccc(N3CCOCC3)cc2CNC(=O)C(C)C)ccn1. The maximum absolute atomic E-state index is 12.1. The van der Waals surface area contributed by atoms with E-state index in [1.54, 1.807) is 0 Å². The molecular formula is C21H27N3O2. The number of hydrogen-bond donors (Lipinski definition) is 1. The molecule has 3 rings (SSSR count). The molecule has 0 radical (unpaired) electrons. The molecule has 0 saturated carbocycles. The molecule has 0 atom stereocenters. The van der Waals surface area contributed by atoms with Gasteiger partial charge >= 0.3 is 0 Å². The van der Waals surface area contributed by atoms with Crippen LogP contribution in [-0.2, 0) is 16.1 Å². The predicted molar refractivity (Wildman–Crippen MR) is 104 cm³/mol. The van der Waals surface area contributed by atoms with Crippen LogP contribution in [0.3, 0.4) is 0 Å². The van der Waals surface area contributed by atoms with Crippen LogP contribution in [-0.4, -0.2) is 37.2 Å². The maximum atomic E-state index is 12.1. The Kier molecular flexibility index (Phi) is 5.89. The third kappa shape index (κ3) is 4.41. The lowest BCUT2D eigenvalue weighted by Crippen LogP contribution is -2.36. The smallest absolute Gasteiger partial charge is 0.222 e. The number of amides is 1. The van der Waals surface area contributed by atoms with E-state index < -0.39 is 0 Å². The van der Waals surface area contributed by atoms with Crippen LogP contribution in [0, 0.1) is 12.8 Å². The quantitative estimate of drug-likeness (QED) is 0.897. The zero-order valence-corrected chi connectivity index (χ0v) is 15.8. The first-order valence-corrected chi connectivity index (χ1v) is 9.21. The van der Waals surface area contributed by atoms with Crippen molar-refractivity contribution >= 4 is 11.6 Å². The van der Waals surface area contributed by atoms with Crippen molar-refractivity contribution in [1.82, 2.24) is 10.3 Å². The summed E-state index contributed by atoms with van der Waals surface area (Å²) in [7, 11) is 0. The number of nitrogens with zero attached hydrogens (tertiary/aromatic N) is 2. The molecule has 1 N–H and O–H groups in total. The third-order valence-electron chi connectivity index (χ3n) is 4.65. The van der Waals surface area contributed by atoms with Gasteiger partial charge in [0.05, 0.1) is 13.2 Å². The number of rotatable bonds is 5. The molecule has 5 nitrogen and oxygen atoms in total. The molecule has 26 heavy (non-hydrogen) atoms. The molecule has 0 unspecified atom stereocenters. The molecule has 2 aromatic rings. The minimum atomic E-state index is -0.0240. The highest BCUT2D eigenvalue weighted by Crippen LogP contribution is 2.29.